The molecule has 1 aromatic heterocycles. The van der Waals surface area contributed by atoms with Crippen LogP contribution in [-0.2, 0) is 7.05 Å². The molecule has 76 valence electrons. The molecule has 14 heavy (non-hydrogen) atoms. The highest BCUT2D eigenvalue weighted by Crippen LogP contribution is 2.19. The molecule has 0 spiro atoms. The van der Waals surface area contributed by atoms with E-state index in [0.717, 1.165) is 0 Å². The van der Waals surface area contributed by atoms with Crippen molar-refractivity contribution in [3.63, 3.8) is 0 Å². The van der Waals surface area contributed by atoms with Crippen molar-refractivity contribution in [3.05, 3.63) is 16.2 Å². The lowest BCUT2D eigenvalue weighted by atomic mass is 10.3. The lowest BCUT2D eigenvalue weighted by Gasteiger charge is -2.29. The maximum atomic E-state index is 11.4. The summed E-state index contributed by atoms with van der Waals surface area (Å²) in [5.41, 5.74) is -0.158. The number of rotatable bonds is 0. The maximum absolute atomic E-state index is 11.4. The van der Waals surface area contributed by atoms with Crippen molar-refractivity contribution < 1.29 is 9.90 Å². The van der Waals surface area contributed by atoms with E-state index in [0.29, 0.717) is 5.82 Å². The monoisotopic (exact) mass is 198 g/mol. The van der Waals surface area contributed by atoms with Gasteiger partial charge in [-0.3, -0.25) is 14.3 Å². The number of amides is 1. The first-order chi connectivity index (χ1) is 6.52. The molecule has 3 N–H and O–H groups in total. The first-order valence-corrected chi connectivity index (χ1v) is 4.03. The number of carbonyl (C=O) groups is 1. The number of hydrogen-bond acceptors (Lipinski definition) is 4. The van der Waals surface area contributed by atoms with E-state index < -0.39 is 12.3 Å². The summed E-state index contributed by atoms with van der Waals surface area (Å²) >= 11 is 0. The number of nitrogens with one attached hydrogen (secondary N) is 2. The van der Waals surface area contributed by atoms with Gasteiger partial charge in [0.05, 0.1) is 0 Å². The first kappa shape index (κ1) is 8.82. The zero-order valence-corrected chi connectivity index (χ0v) is 7.74. The third-order valence-corrected chi connectivity index (χ3v) is 2.28. The molecular weight excluding hydrogens is 188 g/mol. The predicted molar refractivity (Wildman–Crippen MR) is 47.9 cm³/mol. The molecule has 1 atom stereocenters. The largest absolute Gasteiger partial charge is 0.356 e. The molecule has 2 heterocycles. The molecule has 0 bridgehead atoms. The molecule has 0 unspecified atom stereocenters. The van der Waals surface area contributed by atoms with E-state index in [4.69, 9.17) is 0 Å². The standard InChI is InChI=1S/C7H10N4O3/c1-10-3-4(8-6(10)13)11(2)7(14)9-5(3)12/h7,14H,1-2H3,(H,8,13)(H,9,12)/t7-/m1/s1. The van der Waals surface area contributed by atoms with Crippen LogP contribution in [-0.4, -0.2) is 34.0 Å². The topological polar surface area (TPSA) is 90.4 Å². The molecular formula is C7H10N4O3. The van der Waals surface area contributed by atoms with E-state index in [2.05, 4.69) is 10.3 Å². The molecule has 0 fully saturated rings. The van der Waals surface area contributed by atoms with Gasteiger partial charge < -0.3 is 15.3 Å². The second kappa shape index (κ2) is 2.61. The van der Waals surface area contributed by atoms with E-state index in [9.17, 15) is 14.7 Å². The van der Waals surface area contributed by atoms with E-state index in [1.54, 1.807) is 7.05 Å². The van der Waals surface area contributed by atoms with Gasteiger partial charge in [-0.15, -0.1) is 0 Å². The number of anilines is 1. The van der Waals surface area contributed by atoms with Crippen LogP contribution >= 0.6 is 0 Å². The van der Waals surface area contributed by atoms with Crippen LogP contribution < -0.4 is 15.9 Å². The van der Waals surface area contributed by atoms with Crippen molar-refractivity contribution >= 4 is 11.7 Å². The van der Waals surface area contributed by atoms with Crippen LogP contribution in [0.4, 0.5) is 5.82 Å². The summed E-state index contributed by atoms with van der Waals surface area (Å²) in [6, 6.07) is 0. The Bertz CT molecular complexity index is 446. The lowest BCUT2D eigenvalue weighted by Crippen LogP contribution is -2.51. The minimum atomic E-state index is -1.10. The van der Waals surface area contributed by atoms with E-state index in [1.807, 2.05) is 0 Å². The smallest absolute Gasteiger partial charge is 0.327 e. The number of nitrogens with zero attached hydrogens (tertiary/aromatic N) is 2. The summed E-state index contributed by atoms with van der Waals surface area (Å²) < 4.78 is 1.20. The molecule has 2 rings (SSSR count). The second-order valence-electron chi connectivity index (χ2n) is 3.14. The third kappa shape index (κ3) is 0.956. The Labute approximate surface area is 79.0 Å². The van der Waals surface area contributed by atoms with Crippen molar-refractivity contribution in [2.24, 2.45) is 7.05 Å². The fourth-order valence-corrected chi connectivity index (χ4v) is 1.42. The zero-order chi connectivity index (χ0) is 10.5. The number of H-pyrrole nitrogens is 1. The Morgan fingerprint density at radius 2 is 2.00 bits per heavy atom. The van der Waals surface area contributed by atoms with Crippen LogP contribution in [0.2, 0.25) is 0 Å². The first-order valence-electron chi connectivity index (χ1n) is 4.03. The number of imidazole rings is 1. The predicted octanol–water partition coefficient (Wildman–Crippen LogP) is -1.83. The van der Waals surface area contributed by atoms with Gasteiger partial charge in [-0.1, -0.05) is 0 Å². The van der Waals surface area contributed by atoms with Crippen molar-refractivity contribution in [1.29, 1.82) is 0 Å². The SMILES string of the molecule is CN1c2[nH]c(=O)n(C)c2C(=O)N[C@H]1O. The normalized spacial score (nSPS) is 20.6. The Morgan fingerprint density at radius 3 is 2.64 bits per heavy atom. The van der Waals surface area contributed by atoms with Gasteiger partial charge in [0.15, 0.2) is 5.69 Å². The summed E-state index contributed by atoms with van der Waals surface area (Å²) in [6.45, 7) is 0. The molecule has 7 nitrogen and oxygen atoms in total. The number of aliphatic hydroxyl groups is 1. The minimum absolute atomic E-state index is 0.225. The van der Waals surface area contributed by atoms with Crippen LogP contribution in [0.25, 0.3) is 0 Å². The average molecular weight is 198 g/mol. The Kier molecular flexibility index (Phi) is 1.65. The fourth-order valence-electron chi connectivity index (χ4n) is 1.42. The van der Waals surface area contributed by atoms with Gasteiger partial charge in [-0.05, 0) is 0 Å². The molecule has 1 aliphatic heterocycles. The molecule has 0 saturated heterocycles. The lowest BCUT2D eigenvalue weighted by molar-refractivity contribution is 0.0747. The Hall–Kier alpha value is -1.76. The number of aromatic nitrogens is 2. The third-order valence-electron chi connectivity index (χ3n) is 2.28. The van der Waals surface area contributed by atoms with Crippen LogP contribution in [0, 0.1) is 0 Å². The molecule has 0 saturated carbocycles. The number of hydrogen-bond donors (Lipinski definition) is 3. The Morgan fingerprint density at radius 1 is 1.36 bits per heavy atom. The van der Waals surface area contributed by atoms with Crippen LogP contribution in [0.5, 0.6) is 0 Å². The highest BCUT2D eigenvalue weighted by atomic mass is 16.3. The molecule has 0 aromatic carbocycles. The molecule has 7 heteroatoms. The van der Waals surface area contributed by atoms with Crippen molar-refractivity contribution in [2.75, 3.05) is 11.9 Å². The summed E-state index contributed by atoms with van der Waals surface area (Å²) in [6.07, 6.45) is -1.10. The minimum Gasteiger partial charge on any atom is -0.356 e. The van der Waals surface area contributed by atoms with Gasteiger partial charge >= 0.3 is 5.69 Å². The van der Waals surface area contributed by atoms with Crippen molar-refractivity contribution in [2.45, 2.75) is 6.35 Å². The second-order valence-corrected chi connectivity index (χ2v) is 3.14. The van der Waals surface area contributed by atoms with Gasteiger partial charge in [-0.2, -0.15) is 0 Å². The summed E-state index contributed by atoms with van der Waals surface area (Å²) in [4.78, 5) is 26.5. The maximum Gasteiger partial charge on any atom is 0.327 e. The summed E-state index contributed by atoms with van der Waals surface area (Å²) in [7, 11) is 3.06. The summed E-state index contributed by atoms with van der Waals surface area (Å²) in [5, 5.41) is 11.7. The van der Waals surface area contributed by atoms with Gasteiger partial charge in [0.25, 0.3) is 5.91 Å². The highest BCUT2D eigenvalue weighted by Gasteiger charge is 2.31. The van der Waals surface area contributed by atoms with Gasteiger partial charge in [0, 0.05) is 14.1 Å². The average Bonchev–Trinajstić information content (AvgIpc) is 2.40. The van der Waals surface area contributed by atoms with Crippen LogP contribution in [0.3, 0.4) is 0 Å². The van der Waals surface area contributed by atoms with Gasteiger partial charge in [0.2, 0.25) is 6.35 Å². The quantitative estimate of drug-likeness (QED) is 0.457. The van der Waals surface area contributed by atoms with E-state index >= 15 is 0 Å². The van der Waals surface area contributed by atoms with E-state index in [1.165, 1.54) is 16.5 Å². The highest BCUT2D eigenvalue weighted by molar-refractivity contribution is 5.99. The fraction of sp³-hybridized carbons (Fsp3) is 0.429. The molecule has 0 aliphatic carbocycles. The van der Waals surface area contributed by atoms with Crippen molar-refractivity contribution in [3.8, 4) is 0 Å². The van der Waals surface area contributed by atoms with Crippen LogP contribution in [0.1, 0.15) is 10.5 Å². The molecule has 0 radical (unpaired) electrons. The van der Waals surface area contributed by atoms with Gasteiger partial charge in [-0.25, -0.2) is 4.79 Å². The zero-order valence-electron chi connectivity index (χ0n) is 7.74. The number of aliphatic hydroxyl groups excluding tert-OH is 1. The molecule has 1 aliphatic rings. The Balaban J connectivity index is 2.67. The van der Waals surface area contributed by atoms with Crippen molar-refractivity contribution in [1.82, 2.24) is 14.9 Å². The molecule has 1 amide bonds. The summed E-state index contributed by atoms with van der Waals surface area (Å²) in [5.74, 6) is -0.139. The number of fused-ring (bicyclic) bond motifs is 1. The molecule has 1 aromatic rings. The number of aromatic amines is 1. The number of carbonyl (C=O) groups excluding carboxylic acids is 1. The van der Waals surface area contributed by atoms with Gasteiger partial charge in [0.1, 0.15) is 5.82 Å². The van der Waals surface area contributed by atoms with E-state index in [-0.39, 0.29) is 11.4 Å². The van der Waals surface area contributed by atoms with Crippen LogP contribution in [0.15, 0.2) is 4.79 Å².